The van der Waals surface area contributed by atoms with E-state index in [0.29, 0.717) is 0 Å². The second-order valence-corrected chi connectivity index (χ2v) is 7.15. The topological polar surface area (TPSA) is 3.24 Å². The summed E-state index contributed by atoms with van der Waals surface area (Å²) >= 11 is 7.87. The molecule has 0 bridgehead atoms. The smallest absolute Gasteiger partial charge is 0.0225 e. The lowest BCUT2D eigenvalue weighted by molar-refractivity contribution is 0.251. The minimum atomic E-state index is 0.780. The number of rotatable bonds is 5. The van der Waals surface area contributed by atoms with Gasteiger partial charge in [0.2, 0.25) is 0 Å². The standard InChI is InChI=1S/C12H24ClNS/c1-10(4-6-13)5-7-14-8-11(2)15-12(3)9-14/h10-12H,4-9H2,1-3H3. The van der Waals surface area contributed by atoms with E-state index in [4.69, 9.17) is 11.6 Å². The van der Waals surface area contributed by atoms with Crippen molar-refractivity contribution in [3.8, 4) is 0 Å². The van der Waals surface area contributed by atoms with Gasteiger partial charge in [-0.15, -0.1) is 11.6 Å². The van der Waals surface area contributed by atoms with Crippen molar-refractivity contribution in [1.82, 2.24) is 4.90 Å². The van der Waals surface area contributed by atoms with Crippen LogP contribution < -0.4 is 0 Å². The molecule has 0 aromatic heterocycles. The van der Waals surface area contributed by atoms with Crippen molar-refractivity contribution in [3.05, 3.63) is 0 Å². The average molecular weight is 250 g/mol. The minimum Gasteiger partial charge on any atom is -0.301 e. The van der Waals surface area contributed by atoms with E-state index < -0.39 is 0 Å². The first-order valence-electron chi connectivity index (χ1n) is 6.05. The summed E-state index contributed by atoms with van der Waals surface area (Å²) in [5, 5.41) is 1.61. The van der Waals surface area contributed by atoms with Gasteiger partial charge >= 0.3 is 0 Å². The van der Waals surface area contributed by atoms with Crippen LogP contribution in [0.4, 0.5) is 0 Å². The first-order chi connectivity index (χ1) is 7.11. The Labute approximate surface area is 104 Å². The van der Waals surface area contributed by atoms with Gasteiger partial charge in [0.15, 0.2) is 0 Å². The maximum Gasteiger partial charge on any atom is 0.0225 e. The van der Waals surface area contributed by atoms with E-state index in [-0.39, 0.29) is 0 Å². The zero-order chi connectivity index (χ0) is 11.3. The summed E-state index contributed by atoms with van der Waals surface area (Å²) in [6.45, 7) is 10.8. The molecular formula is C12H24ClNS. The van der Waals surface area contributed by atoms with E-state index in [1.807, 2.05) is 0 Å². The molecule has 0 aromatic rings. The van der Waals surface area contributed by atoms with Gasteiger partial charge in [-0.2, -0.15) is 11.8 Å². The molecule has 0 aliphatic carbocycles. The summed E-state index contributed by atoms with van der Waals surface area (Å²) in [4.78, 5) is 2.62. The second-order valence-electron chi connectivity index (χ2n) is 4.89. The van der Waals surface area contributed by atoms with Crippen LogP contribution in [0.15, 0.2) is 0 Å². The van der Waals surface area contributed by atoms with E-state index in [1.165, 1.54) is 26.1 Å². The van der Waals surface area contributed by atoms with E-state index in [1.54, 1.807) is 0 Å². The van der Waals surface area contributed by atoms with Crippen molar-refractivity contribution in [2.45, 2.75) is 44.1 Å². The van der Waals surface area contributed by atoms with E-state index in [9.17, 15) is 0 Å². The molecule has 3 atom stereocenters. The number of alkyl halides is 1. The van der Waals surface area contributed by atoms with Crippen molar-refractivity contribution in [2.75, 3.05) is 25.5 Å². The number of halogens is 1. The largest absolute Gasteiger partial charge is 0.301 e. The van der Waals surface area contributed by atoms with Crippen LogP contribution in [0.25, 0.3) is 0 Å². The molecule has 0 radical (unpaired) electrons. The van der Waals surface area contributed by atoms with E-state index in [2.05, 4.69) is 37.4 Å². The molecule has 1 rings (SSSR count). The molecule has 1 nitrogen and oxygen atoms in total. The molecule has 1 aliphatic rings. The molecule has 0 spiro atoms. The lowest BCUT2D eigenvalue weighted by Gasteiger charge is -2.35. The maximum atomic E-state index is 5.75. The monoisotopic (exact) mass is 249 g/mol. The quantitative estimate of drug-likeness (QED) is 0.687. The minimum absolute atomic E-state index is 0.780. The van der Waals surface area contributed by atoms with Gasteiger partial charge in [0.05, 0.1) is 0 Å². The van der Waals surface area contributed by atoms with Crippen molar-refractivity contribution in [3.63, 3.8) is 0 Å². The highest BCUT2D eigenvalue weighted by Gasteiger charge is 2.21. The highest BCUT2D eigenvalue weighted by Crippen LogP contribution is 2.25. The lowest BCUT2D eigenvalue weighted by Crippen LogP contribution is -2.41. The SMILES string of the molecule is CC(CCCl)CCN1CC(C)SC(C)C1. The normalized spacial score (nSPS) is 30.4. The number of nitrogens with zero attached hydrogens (tertiary/aromatic N) is 1. The highest BCUT2D eigenvalue weighted by molar-refractivity contribution is 8.00. The molecule has 15 heavy (non-hydrogen) atoms. The summed E-state index contributed by atoms with van der Waals surface area (Å²) < 4.78 is 0. The zero-order valence-corrected chi connectivity index (χ0v) is 11.8. The fourth-order valence-corrected chi connectivity index (χ4v) is 3.96. The van der Waals surface area contributed by atoms with Crippen LogP contribution in [0.3, 0.4) is 0 Å². The highest BCUT2D eigenvalue weighted by atomic mass is 35.5. The van der Waals surface area contributed by atoms with Gasteiger partial charge in [-0.25, -0.2) is 0 Å². The Kier molecular flexibility index (Phi) is 6.40. The van der Waals surface area contributed by atoms with Gasteiger partial charge in [0.25, 0.3) is 0 Å². The van der Waals surface area contributed by atoms with Gasteiger partial charge in [-0.05, 0) is 25.3 Å². The van der Waals surface area contributed by atoms with Gasteiger partial charge in [-0.1, -0.05) is 20.8 Å². The third-order valence-corrected chi connectivity index (χ3v) is 4.48. The van der Waals surface area contributed by atoms with Crippen LogP contribution in [0, 0.1) is 5.92 Å². The molecule has 3 heteroatoms. The van der Waals surface area contributed by atoms with Crippen LogP contribution in [0.2, 0.25) is 0 Å². The predicted octanol–water partition coefficient (Wildman–Crippen LogP) is 3.47. The Morgan fingerprint density at radius 2 is 1.87 bits per heavy atom. The van der Waals surface area contributed by atoms with Gasteiger partial charge < -0.3 is 4.90 Å². The molecular weight excluding hydrogens is 226 g/mol. The average Bonchev–Trinajstić information content (AvgIpc) is 2.14. The Hall–Kier alpha value is 0.600. The predicted molar refractivity (Wildman–Crippen MR) is 72.1 cm³/mol. The van der Waals surface area contributed by atoms with Crippen LogP contribution in [0.5, 0.6) is 0 Å². The molecule has 3 unspecified atom stereocenters. The van der Waals surface area contributed by atoms with Gasteiger partial charge in [0, 0.05) is 29.5 Å². The van der Waals surface area contributed by atoms with Crippen LogP contribution in [-0.2, 0) is 0 Å². The summed E-state index contributed by atoms with van der Waals surface area (Å²) in [5.41, 5.74) is 0. The van der Waals surface area contributed by atoms with Crippen LogP contribution in [-0.4, -0.2) is 40.9 Å². The Morgan fingerprint density at radius 1 is 1.27 bits per heavy atom. The van der Waals surface area contributed by atoms with Gasteiger partial charge in [-0.3, -0.25) is 0 Å². The van der Waals surface area contributed by atoms with Crippen LogP contribution >= 0.6 is 23.4 Å². The van der Waals surface area contributed by atoms with E-state index >= 15 is 0 Å². The second kappa shape index (κ2) is 7.03. The molecule has 90 valence electrons. The first-order valence-corrected chi connectivity index (χ1v) is 7.53. The van der Waals surface area contributed by atoms with Crippen molar-refractivity contribution >= 4 is 23.4 Å². The molecule has 1 heterocycles. The number of hydrogen-bond donors (Lipinski definition) is 0. The lowest BCUT2D eigenvalue weighted by atomic mass is 10.0. The van der Waals surface area contributed by atoms with E-state index in [0.717, 1.165) is 28.7 Å². The van der Waals surface area contributed by atoms with Gasteiger partial charge in [0.1, 0.15) is 0 Å². The Bertz CT molecular complexity index is 167. The summed E-state index contributed by atoms with van der Waals surface area (Å²) in [7, 11) is 0. The maximum absolute atomic E-state index is 5.75. The number of thioether (sulfide) groups is 1. The molecule has 0 aromatic carbocycles. The molecule has 0 N–H and O–H groups in total. The zero-order valence-electron chi connectivity index (χ0n) is 10.2. The summed E-state index contributed by atoms with van der Waals surface area (Å²) in [6.07, 6.45) is 2.46. The van der Waals surface area contributed by atoms with Crippen molar-refractivity contribution < 1.29 is 0 Å². The molecule has 1 aliphatic heterocycles. The third kappa shape index (κ3) is 5.46. The van der Waals surface area contributed by atoms with Crippen molar-refractivity contribution in [2.24, 2.45) is 5.92 Å². The van der Waals surface area contributed by atoms with Crippen LogP contribution in [0.1, 0.15) is 33.6 Å². The molecule has 1 saturated heterocycles. The summed E-state index contributed by atoms with van der Waals surface area (Å²) in [5.74, 6) is 1.59. The Balaban J connectivity index is 2.20. The summed E-state index contributed by atoms with van der Waals surface area (Å²) in [6, 6.07) is 0. The molecule has 1 fully saturated rings. The Morgan fingerprint density at radius 3 is 2.40 bits per heavy atom. The fourth-order valence-electron chi connectivity index (χ4n) is 2.20. The fraction of sp³-hybridized carbons (Fsp3) is 1.00. The molecule has 0 saturated carbocycles. The number of hydrogen-bond acceptors (Lipinski definition) is 2. The third-order valence-electron chi connectivity index (χ3n) is 3.04. The first kappa shape index (κ1) is 13.7. The van der Waals surface area contributed by atoms with Crippen molar-refractivity contribution in [1.29, 1.82) is 0 Å². The molecule has 0 amide bonds.